The SMILES string of the molecule is C[C@H]1CCOc2c(cnn2C)-c2nccc(n2)Nc2cc3c(cn2)c(-c2ccc(CN4CCNCC4)n2C)nn31. The smallest absolute Gasteiger partial charge is 0.222 e. The zero-order chi connectivity index (χ0) is 27.2. The normalized spacial score (nSPS) is 17.8. The molecular weight excluding hydrogens is 506 g/mol. The topological polar surface area (TPSA) is 116 Å². The number of piperazine rings is 1. The maximum atomic E-state index is 6.24. The molecule has 5 aromatic heterocycles. The van der Waals surface area contributed by atoms with Gasteiger partial charge in [-0.1, -0.05) is 0 Å². The number of nitrogens with one attached hydrogen (secondary N) is 2. The minimum Gasteiger partial charge on any atom is -0.477 e. The zero-order valence-electron chi connectivity index (χ0n) is 23.0. The highest BCUT2D eigenvalue weighted by atomic mass is 16.5. The Kier molecular flexibility index (Phi) is 6.20. The lowest BCUT2D eigenvalue weighted by Crippen LogP contribution is -2.43. The maximum Gasteiger partial charge on any atom is 0.222 e. The summed E-state index contributed by atoms with van der Waals surface area (Å²) in [6, 6.07) is 8.36. The molecule has 12 nitrogen and oxygen atoms in total. The number of pyridine rings is 1. The monoisotopic (exact) mass is 539 g/mol. The fourth-order valence-electron chi connectivity index (χ4n) is 5.56. The van der Waals surface area contributed by atoms with Crippen LogP contribution in [-0.2, 0) is 20.6 Å². The van der Waals surface area contributed by atoms with Crippen molar-refractivity contribution in [2.75, 3.05) is 38.1 Å². The fraction of sp³-hybridized carbons (Fsp3) is 0.393. The van der Waals surface area contributed by atoms with Crippen LogP contribution in [0.5, 0.6) is 5.88 Å². The van der Waals surface area contributed by atoms with E-state index < -0.39 is 0 Å². The van der Waals surface area contributed by atoms with Crippen LogP contribution in [-0.4, -0.2) is 76.8 Å². The summed E-state index contributed by atoms with van der Waals surface area (Å²) in [4.78, 5) is 16.4. The van der Waals surface area contributed by atoms with Crippen LogP contribution in [0.15, 0.2) is 42.9 Å². The van der Waals surface area contributed by atoms with Crippen molar-refractivity contribution in [3.05, 3.63) is 48.5 Å². The van der Waals surface area contributed by atoms with Crippen molar-refractivity contribution >= 4 is 22.5 Å². The summed E-state index contributed by atoms with van der Waals surface area (Å²) in [5, 5.41) is 17.4. The van der Waals surface area contributed by atoms with Crippen molar-refractivity contribution in [1.82, 2.24) is 49.3 Å². The van der Waals surface area contributed by atoms with Gasteiger partial charge >= 0.3 is 0 Å². The van der Waals surface area contributed by atoms with Crippen LogP contribution in [0.4, 0.5) is 11.6 Å². The van der Waals surface area contributed by atoms with Crippen LogP contribution in [0.2, 0.25) is 0 Å². The van der Waals surface area contributed by atoms with Gasteiger partial charge in [-0.2, -0.15) is 10.2 Å². The summed E-state index contributed by atoms with van der Waals surface area (Å²) < 4.78 is 12.3. The molecule has 2 aliphatic heterocycles. The van der Waals surface area contributed by atoms with Gasteiger partial charge in [-0.3, -0.25) is 9.58 Å². The van der Waals surface area contributed by atoms with Gasteiger partial charge in [-0.05, 0) is 25.1 Å². The first-order valence-corrected chi connectivity index (χ1v) is 13.8. The van der Waals surface area contributed by atoms with Gasteiger partial charge in [-0.25, -0.2) is 19.6 Å². The predicted octanol–water partition coefficient (Wildman–Crippen LogP) is 3.12. The van der Waals surface area contributed by atoms with E-state index in [0.717, 1.165) is 67.0 Å². The van der Waals surface area contributed by atoms with E-state index in [4.69, 9.17) is 19.8 Å². The second-order valence-corrected chi connectivity index (χ2v) is 10.5. The molecule has 0 spiro atoms. The minimum absolute atomic E-state index is 0.0841. The molecule has 7 heterocycles. The average Bonchev–Trinajstić information content (AvgIpc) is 3.64. The zero-order valence-corrected chi connectivity index (χ0v) is 23.0. The lowest BCUT2D eigenvalue weighted by Gasteiger charge is -2.27. The number of fused-ring (bicyclic) bond motifs is 5. The van der Waals surface area contributed by atoms with Crippen molar-refractivity contribution in [3.63, 3.8) is 0 Å². The van der Waals surface area contributed by atoms with Crippen molar-refractivity contribution < 1.29 is 4.74 Å². The van der Waals surface area contributed by atoms with Crippen molar-refractivity contribution in [2.24, 2.45) is 14.1 Å². The van der Waals surface area contributed by atoms with E-state index in [1.165, 1.54) is 5.69 Å². The van der Waals surface area contributed by atoms with Gasteiger partial charge in [0.05, 0.1) is 30.1 Å². The number of nitrogens with zero attached hydrogens (tertiary/aromatic N) is 9. The molecule has 0 radical (unpaired) electrons. The van der Waals surface area contributed by atoms with Crippen molar-refractivity contribution in [2.45, 2.75) is 25.9 Å². The van der Waals surface area contributed by atoms with Gasteiger partial charge in [0.1, 0.15) is 22.9 Å². The molecule has 2 N–H and O–H groups in total. The molecule has 5 aromatic rings. The molecule has 12 heteroatoms. The van der Waals surface area contributed by atoms with Gasteiger partial charge in [0.15, 0.2) is 5.82 Å². The second kappa shape index (κ2) is 10.0. The van der Waals surface area contributed by atoms with Gasteiger partial charge < -0.3 is 19.9 Å². The quantitative estimate of drug-likeness (QED) is 0.357. The van der Waals surface area contributed by atoms with Crippen molar-refractivity contribution in [1.29, 1.82) is 0 Å². The molecule has 0 saturated carbocycles. The molecule has 1 atom stereocenters. The van der Waals surface area contributed by atoms with E-state index in [1.807, 2.05) is 19.3 Å². The number of hydrogen-bond acceptors (Lipinski definition) is 9. The Bertz CT molecular complexity index is 1680. The van der Waals surface area contributed by atoms with E-state index in [9.17, 15) is 0 Å². The first-order valence-electron chi connectivity index (χ1n) is 13.8. The van der Waals surface area contributed by atoms with Gasteiger partial charge in [-0.15, -0.1) is 0 Å². The molecule has 40 heavy (non-hydrogen) atoms. The summed E-state index contributed by atoms with van der Waals surface area (Å²) >= 11 is 0. The largest absolute Gasteiger partial charge is 0.477 e. The number of hydrogen-bond donors (Lipinski definition) is 2. The van der Waals surface area contributed by atoms with E-state index in [0.29, 0.717) is 29.9 Å². The Morgan fingerprint density at radius 3 is 2.80 bits per heavy atom. The van der Waals surface area contributed by atoms with E-state index in [1.54, 1.807) is 17.1 Å². The fourth-order valence-corrected chi connectivity index (χ4v) is 5.56. The molecule has 4 bridgehead atoms. The number of aryl methyl sites for hydroxylation is 1. The predicted molar refractivity (Wildman–Crippen MR) is 152 cm³/mol. The minimum atomic E-state index is 0.0841. The maximum absolute atomic E-state index is 6.24. The third-order valence-corrected chi connectivity index (χ3v) is 7.88. The molecule has 1 saturated heterocycles. The van der Waals surface area contributed by atoms with Crippen molar-refractivity contribution in [3.8, 4) is 28.7 Å². The molecular formula is C28H33N11O. The molecule has 1 fully saturated rings. The molecule has 0 amide bonds. The first kappa shape index (κ1) is 24.7. The van der Waals surface area contributed by atoms with Crippen LogP contribution in [0.3, 0.4) is 0 Å². The van der Waals surface area contributed by atoms with E-state index in [2.05, 4.69) is 67.0 Å². The molecule has 0 unspecified atom stereocenters. The Hall–Kier alpha value is -4.29. The average molecular weight is 540 g/mol. The molecule has 206 valence electrons. The Labute approximate surface area is 232 Å². The van der Waals surface area contributed by atoms with Gasteiger partial charge in [0.2, 0.25) is 5.88 Å². The third kappa shape index (κ3) is 4.38. The number of aromatic nitrogens is 8. The molecule has 2 aliphatic rings. The number of anilines is 2. The standard InChI is InChI=1S/C28H33N11O/c1-18-7-13-40-28-21(16-32-37(28)3)27-30-8-6-24(34-27)33-25-14-23-20(15-31-25)26(35-39(18)23)22-5-4-19(36(22)2)17-38-11-9-29-10-12-38/h4-6,8,14-16,18,29H,7,9-13,17H2,1-3H3,(H,30,31,33,34)/t18-/m0/s1. The highest BCUT2D eigenvalue weighted by Gasteiger charge is 2.22. The highest BCUT2D eigenvalue weighted by Crippen LogP contribution is 2.34. The van der Waals surface area contributed by atoms with Crippen LogP contribution >= 0.6 is 0 Å². The van der Waals surface area contributed by atoms with E-state index in [-0.39, 0.29) is 6.04 Å². The lowest BCUT2D eigenvalue weighted by atomic mass is 10.2. The Morgan fingerprint density at radius 2 is 1.93 bits per heavy atom. The third-order valence-electron chi connectivity index (χ3n) is 7.88. The summed E-state index contributed by atoms with van der Waals surface area (Å²) in [6.07, 6.45) is 6.13. The summed E-state index contributed by atoms with van der Waals surface area (Å²) in [5.74, 6) is 2.53. The lowest BCUT2D eigenvalue weighted by molar-refractivity contribution is 0.229. The van der Waals surface area contributed by atoms with E-state index >= 15 is 0 Å². The summed E-state index contributed by atoms with van der Waals surface area (Å²) in [5.41, 5.74) is 5.05. The Morgan fingerprint density at radius 1 is 1.05 bits per heavy atom. The molecule has 7 rings (SSSR count). The van der Waals surface area contributed by atoms with Crippen LogP contribution in [0.1, 0.15) is 25.1 Å². The molecule has 0 aliphatic carbocycles. The Balaban J connectivity index is 1.29. The first-order chi connectivity index (χ1) is 19.5. The number of ether oxygens (including phenoxy) is 1. The van der Waals surface area contributed by atoms with Gasteiger partial charge in [0.25, 0.3) is 0 Å². The summed E-state index contributed by atoms with van der Waals surface area (Å²) in [6.45, 7) is 7.79. The summed E-state index contributed by atoms with van der Waals surface area (Å²) in [7, 11) is 3.99. The highest BCUT2D eigenvalue weighted by molar-refractivity contribution is 5.93. The van der Waals surface area contributed by atoms with Crippen LogP contribution < -0.4 is 15.4 Å². The molecule has 0 aromatic carbocycles. The second-order valence-electron chi connectivity index (χ2n) is 10.5. The van der Waals surface area contributed by atoms with Gasteiger partial charge in [0, 0.05) is 82.8 Å². The van der Waals surface area contributed by atoms with Crippen LogP contribution in [0.25, 0.3) is 33.7 Å². The van der Waals surface area contributed by atoms with Crippen LogP contribution in [0, 0.1) is 0 Å². The number of rotatable bonds is 3.